The van der Waals surface area contributed by atoms with Crippen molar-refractivity contribution in [1.29, 1.82) is 0 Å². The first kappa shape index (κ1) is 22.0. The van der Waals surface area contributed by atoms with E-state index in [9.17, 15) is 0 Å². The number of hydrogen-bond acceptors (Lipinski definition) is 6. The van der Waals surface area contributed by atoms with Crippen molar-refractivity contribution in [3.63, 3.8) is 0 Å². The summed E-state index contributed by atoms with van der Waals surface area (Å²) in [5, 5.41) is 7.35. The highest BCUT2D eigenvalue weighted by atomic mass is 16.5. The summed E-state index contributed by atoms with van der Waals surface area (Å²) in [7, 11) is 2.18. The Hall–Kier alpha value is -3.22. The van der Waals surface area contributed by atoms with Crippen LogP contribution in [0, 0.1) is 0 Å². The molecule has 7 rings (SSSR count). The van der Waals surface area contributed by atoms with Crippen LogP contribution < -0.4 is 15.0 Å². The number of rotatable bonds is 5. The molecule has 1 aromatic heterocycles. The van der Waals surface area contributed by atoms with E-state index in [0.717, 1.165) is 36.4 Å². The largest absolute Gasteiger partial charge is 0.462 e. The maximum atomic E-state index is 6.28. The van der Waals surface area contributed by atoms with E-state index in [4.69, 9.17) is 14.7 Å². The van der Waals surface area contributed by atoms with Crippen LogP contribution in [0.25, 0.3) is 32.8 Å². The molecule has 1 N–H and O–H groups in total. The zero-order valence-electron chi connectivity index (χ0n) is 20.9. The van der Waals surface area contributed by atoms with Crippen molar-refractivity contribution >= 4 is 27.5 Å². The third-order valence-corrected chi connectivity index (χ3v) is 8.35. The van der Waals surface area contributed by atoms with Crippen molar-refractivity contribution < 1.29 is 4.74 Å². The summed E-state index contributed by atoms with van der Waals surface area (Å²) in [6.45, 7) is 3.74. The number of hydrogen-bond donors (Lipinski definition) is 1. The number of piperazine rings is 1. The molecule has 4 aromatic rings. The molecule has 6 heteroatoms. The molecule has 3 aliphatic rings. The Bertz CT molecular complexity index is 1400. The SMILES string of the molecule is CN1CCC[C@H]1COc1nc(N2CC3CCC(C2)N3)c2ccc(-c3cccc4ccccc34)cc2n1. The van der Waals surface area contributed by atoms with E-state index in [2.05, 4.69) is 82.8 Å². The second-order valence-electron chi connectivity index (χ2n) is 10.7. The van der Waals surface area contributed by atoms with Gasteiger partial charge < -0.3 is 19.9 Å². The van der Waals surface area contributed by atoms with Gasteiger partial charge in [-0.3, -0.25) is 0 Å². The van der Waals surface area contributed by atoms with Crippen LogP contribution in [0.5, 0.6) is 6.01 Å². The lowest BCUT2D eigenvalue weighted by Crippen LogP contribution is -2.51. The van der Waals surface area contributed by atoms with Gasteiger partial charge in [-0.05, 0) is 73.3 Å². The minimum Gasteiger partial charge on any atom is -0.462 e. The molecule has 184 valence electrons. The van der Waals surface area contributed by atoms with E-state index in [0.29, 0.717) is 30.7 Å². The molecule has 0 saturated carbocycles. The third kappa shape index (κ3) is 3.98. The standard InChI is InChI=1S/C30H33N5O/c1-34-15-5-8-24(34)19-36-30-32-28-16-21(26-10-4-7-20-6-2-3-9-25(20)26)11-14-27(28)29(33-30)35-17-22-12-13-23(18-35)31-22/h2-4,6-7,9-11,14,16,22-24,31H,5,8,12-13,15,17-19H2,1H3/t22?,23?,24-/m0/s1. The summed E-state index contributed by atoms with van der Waals surface area (Å²) in [6, 6.07) is 23.7. The average molecular weight is 480 g/mol. The fraction of sp³-hybridized carbons (Fsp3) is 0.400. The number of nitrogens with zero attached hydrogens (tertiary/aromatic N) is 4. The number of likely N-dealkylation sites (N-methyl/N-ethyl adjacent to an activating group) is 1. The molecule has 0 spiro atoms. The number of nitrogens with one attached hydrogen (secondary N) is 1. The van der Waals surface area contributed by atoms with E-state index in [1.165, 1.54) is 47.6 Å². The smallest absolute Gasteiger partial charge is 0.319 e. The molecule has 3 aliphatic heterocycles. The van der Waals surface area contributed by atoms with Crippen molar-refractivity contribution in [2.45, 2.75) is 43.8 Å². The van der Waals surface area contributed by atoms with Crippen LogP contribution in [0.1, 0.15) is 25.7 Å². The highest BCUT2D eigenvalue weighted by Crippen LogP contribution is 2.35. The monoisotopic (exact) mass is 479 g/mol. The van der Waals surface area contributed by atoms with Crippen molar-refractivity contribution in [3.8, 4) is 17.1 Å². The summed E-state index contributed by atoms with van der Waals surface area (Å²) < 4.78 is 6.28. The number of likely N-dealkylation sites (tertiary alicyclic amines) is 1. The maximum absolute atomic E-state index is 6.28. The van der Waals surface area contributed by atoms with E-state index in [1.807, 2.05) is 0 Å². The number of benzene rings is 3. The van der Waals surface area contributed by atoms with Gasteiger partial charge in [0.15, 0.2) is 0 Å². The molecule has 6 nitrogen and oxygen atoms in total. The minimum absolute atomic E-state index is 0.435. The lowest BCUT2D eigenvalue weighted by Gasteiger charge is -2.34. The van der Waals surface area contributed by atoms with Gasteiger partial charge in [0.25, 0.3) is 0 Å². The Morgan fingerprint density at radius 1 is 0.917 bits per heavy atom. The zero-order chi connectivity index (χ0) is 24.1. The Kier molecular flexibility index (Phi) is 5.51. The van der Waals surface area contributed by atoms with E-state index in [1.54, 1.807) is 0 Å². The van der Waals surface area contributed by atoms with Crippen LogP contribution in [-0.4, -0.2) is 66.3 Å². The second-order valence-corrected chi connectivity index (χ2v) is 10.7. The van der Waals surface area contributed by atoms with Gasteiger partial charge >= 0.3 is 6.01 Å². The molecule has 4 heterocycles. The first-order valence-corrected chi connectivity index (χ1v) is 13.4. The molecule has 36 heavy (non-hydrogen) atoms. The average Bonchev–Trinajstić information content (AvgIpc) is 3.49. The quantitative estimate of drug-likeness (QED) is 0.441. The maximum Gasteiger partial charge on any atom is 0.319 e. The first-order chi connectivity index (χ1) is 17.7. The molecule has 0 amide bonds. The number of anilines is 1. The third-order valence-electron chi connectivity index (χ3n) is 8.35. The predicted octanol–water partition coefficient (Wildman–Crippen LogP) is 4.86. The zero-order valence-corrected chi connectivity index (χ0v) is 20.9. The fourth-order valence-corrected chi connectivity index (χ4v) is 6.37. The highest BCUT2D eigenvalue weighted by Gasteiger charge is 2.33. The highest BCUT2D eigenvalue weighted by molar-refractivity contribution is 6.00. The Labute approximate surface area is 212 Å². The lowest BCUT2D eigenvalue weighted by molar-refractivity contribution is 0.188. The summed E-state index contributed by atoms with van der Waals surface area (Å²) in [4.78, 5) is 14.8. The molecule has 3 aromatic carbocycles. The van der Waals surface area contributed by atoms with Gasteiger partial charge in [-0.15, -0.1) is 0 Å². The summed E-state index contributed by atoms with van der Waals surface area (Å²) in [6.07, 6.45) is 4.88. The van der Waals surface area contributed by atoms with Gasteiger partial charge in [0, 0.05) is 36.6 Å². The van der Waals surface area contributed by atoms with Crippen molar-refractivity contribution in [2.75, 3.05) is 38.2 Å². The summed E-state index contributed by atoms with van der Waals surface area (Å²) in [5.74, 6) is 1.01. The molecular weight excluding hydrogens is 446 g/mol. The fourth-order valence-electron chi connectivity index (χ4n) is 6.37. The van der Waals surface area contributed by atoms with E-state index in [-0.39, 0.29) is 0 Å². The van der Waals surface area contributed by atoms with Gasteiger partial charge in [-0.25, -0.2) is 0 Å². The van der Waals surface area contributed by atoms with Crippen LogP contribution >= 0.6 is 0 Å². The Morgan fingerprint density at radius 3 is 2.58 bits per heavy atom. The van der Waals surface area contributed by atoms with Crippen LogP contribution in [0.4, 0.5) is 5.82 Å². The molecule has 0 radical (unpaired) electrons. The topological polar surface area (TPSA) is 53.5 Å². The summed E-state index contributed by atoms with van der Waals surface area (Å²) in [5.41, 5.74) is 3.35. The Balaban J connectivity index is 1.30. The molecule has 2 unspecified atom stereocenters. The minimum atomic E-state index is 0.435. The predicted molar refractivity (Wildman–Crippen MR) is 146 cm³/mol. The first-order valence-electron chi connectivity index (χ1n) is 13.4. The number of aromatic nitrogens is 2. The number of fused-ring (bicyclic) bond motifs is 4. The van der Waals surface area contributed by atoms with Crippen LogP contribution in [0.15, 0.2) is 60.7 Å². The molecule has 3 fully saturated rings. The van der Waals surface area contributed by atoms with Gasteiger partial charge in [-0.1, -0.05) is 48.5 Å². The molecule has 2 bridgehead atoms. The molecular formula is C30H33N5O. The molecule has 0 aliphatic carbocycles. The Morgan fingerprint density at radius 2 is 1.75 bits per heavy atom. The molecule has 3 saturated heterocycles. The van der Waals surface area contributed by atoms with Crippen LogP contribution in [0.2, 0.25) is 0 Å². The van der Waals surface area contributed by atoms with Crippen molar-refractivity contribution in [1.82, 2.24) is 20.2 Å². The van der Waals surface area contributed by atoms with Crippen molar-refractivity contribution in [3.05, 3.63) is 60.7 Å². The van der Waals surface area contributed by atoms with Gasteiger partial charge in [-0.2, -0.15) is 9.97 Å². The second kappa shape index (κ2) is 9.02. The number of ether oxygens (including phenoxy) is 1. The van der Waals surface area contributed by atoms with Crippen molar-refractivity contribution in [2.24, 2.45) is 0 Å². The van der Waals surface area contributed by atoms with E-state index >= 15 is 0 Å². The lowest BCUT2D eigenvalue weighted by atomic mass is 9.97. The van der Waals surface area contributed by atoms with Gasteiger partial charge in [0.1, 0.15) is 12.4 Å². The van der Waals surface area contributed by atoms with Crippen LogP contribution in [0.3, 0.4) is 0 Å². The van der Waals surface area contributed by atoms with Crippen LogP contribution in [-0.2, 0) is 0 Å². The van der Waals surface area contributed by atoms with Gasteiger partial charge in [0.2, 0.25) is 0 Å². The molecule has 3 atom stereocenters. The van der Waals surface area contributed by atoms with Gasteiger partial charge in [0.05, 0.1) is 5.52 Å². The van der Waals surface area contributed by atoms with E-state index < -0.39 is 0 Å². The normalized spacial score (nSPS) is 24.1. The summed E-state index contributed by atoms with van der Waals surface area (Å²) >= 11 is 0.